The van der Waals surface area contributed by atoms with E-state index in [1.807, 2.05) is 12.1 Å². The second kappa shape index (κ2) is 6.62. The lowest BCUT2D eigenvalue weighted by Gasteiger charge is -2.10. The smallest absolute Gasteiger partial charge is 0.249 e. The number of benzene rings is 2. The molecule has 0 amide bonds. The fourth-order valence-corrected chi connectivity index (χ4v) is 2.76. The van der Waals surface area contributed by atoms with Crippen LogP contribution in [0.3, 0.4) is 0 Å². The molecule has 0 radical (unpaired) electrons. The highest BCUT2D eigenvalue weighted by Crippen LogP contribution is 2.35. The average molecular weight is 376 g/mol. The van der Waals surface area contributed by atoms with Gasteiger partial charge in [-0.2, -0.15) is 10.1 Å². The molecule has 0 fully saturated rings. The van der Waals surface area contributed by atoms with Crippen molar-refractivity contribution in [1.82, 2.24) is 15.2 Å². The summed E-state index contributed by atoms with van der Waals surface area (Å²) in [5.41, 5.74) is 1.30. The summed E-state index contributed by atoms with van der Waals surface area (Å²) in [6.45, 7) is 0.217. The van der Waals surface area contributed by atoms with E-state index in [1.165, 1.54) is 6.20 Å². The van der Waals surface area contributed by atoms with Crippen LogP contribution < -0.4 is 20.1 Å². The molecule has 126 valence electrons. The lowest BCUT2D eigenvalue weighted by atomic mass is 10.3. The van der Waals surface area contributed by atoms with E-state index in [-0.39, 0.29) is 6.79 Å². The van der Waals surface area contributed by atoms with Crippen LogP contribution in [0.4, 0.5) is 23.1 Å². The summed E-state index contributed by atoms with van der Waals surface area (Å²) in [6, 6.07) is 10.7. The van der Waals surface area contributed by atoms with Crippen LogP contribution in [0.15, 0.2) is 42.6 Å². The van der Waals surface area contributed by atoms with Crippen LogP contribution in [0.25, 0.3) is 0 Å². The molecule has 0 saturated carbocycles. The summed E-state index contributed by atoms with van der Waals surface area (Å²) >= 11 is 12.3. The molecule has 0 bridgehead atoms. The first-order chi connectivity index (χ1) is 12.2. The number of nitrogens with one attached hydrogen (secondary N) is 2. The minimum atomic E-state index is 0.217. The quantitative estimate of drug-likeness (QED) is 0.699. The zero-order chi connectivity index (χ0) is 17.2. The Balaban J connectivity index is 1.55. The number of para-hydroxylation sites is 1. The van der Waals surface area contributed by atoms with Crippen LogP contribution in [0, 0.1) is 0 Å². The number of fused-ring (bicyclic) bond motifs is 1. The van der Waals surface area contributed by atoms with Gasteiger partial charge >= 0.3 is 0 Å². The van der Waals surface area contributed by atoms with E-state index >= 15 is 0 Å². The Morgan fingerprint density at radius 1 is 0.960 bits per heavy atom. The molecule has 1 aliphatic rings. The van der Waals surface area contributed by atoms with Gasteiger partial charge in [-0.3, -0.25) is 0 Å². The van der Waals surface area contributed by atoms with E-state index in [0.29, 0.717) is 39.0 Å². The van der Waals surface area contributed by atoms with E-state index in [0.717, 1.165) is 5.69 Å². The van der Waals surface area contributed by atoms with Crippen molar-refractivity contribution in [3.05, 3.63) is 52.6 Å². The van der Waals surface area contributed by atoms with Crippen LogP contribution in [0.2, 0.25) is 10.0 Å². The molecule has 9 heteroatoms. The lowest BCUT2D eigenvalue weighted by Crippen LogP contribution is -2.03. The predicted molar refractivity (Wildman–Crippen MR) is 95.4 cm³/mol. The number of aromatic nitrogens is 3. The summed E-state index contributed by atoms with van der Waals surface area (Å²) < 4.78 is 10.6. The van der Waals surface area contributed by atoms with Gasteiger partial charge < -0.3 is 20.1 Å². The molecule has 0 spiro atoms. The monoisotopic (exact) mass is 375 g/mol. The topological polar surface area (TPSA) is 81.2 Å². The number of nitrogens with zero attached hydrogens (tertiary/aromatic N) is 3. The number of rotatable bonds is 4. The van der Waals surface area contributed by atoms with Gasteiger partial charge in [0.25, 0.3) is 0 Å². The zero-order valence-corrected chi connectivity index (χ0v) is 14.2. The maximum Gasteiger partial charge on any atom is 0.249 e. The molecular formula is C16H11Cl2N5O2. The third kappa shape index (κ3) is 3.38. The van der Waals surface area contributed by atoms with E-state index in [9.17, 15) is 0 Å². The van der Waals surface area contributed by atoms with Gasteiger partial charge in [0, 0.05) is 11.8 Å². The molecule has 1 aromatic heterocycles. The van der Waals surface area contributed by atoms with Crippen LogP contribution in [-0.4, -0.2) is 22.0 Å². The third-order valence-corrected chi connectivity index (χ3v) is 4.03. The van der Waals surface area contributed by atoms with Crippen molar-refractivity contribution < 1.29 is 9.47 Å². The molecule has 3 aromatic rings. The lowest BCUT2D eigenvalue weighted by molar-refractivity contribution is 0.174. The normalized spacial score (nSPS) is 12.1. The van der Waals surface area contributed by atoms with Crippen molar-refractivity contribution in [3.8, 4) is 11.5 Å². The van der Waals surface area contributed by atoms with Gasteiger partial charge in [-0.15, -0.1) is 5.10 Å². The van der Waals surface area contributed by atoms with E-state index in [1.54, 1.807) is 24.3 Å². The first kappa shape index (κ1) is 15.7. The molecule has 0 unspecified atom stereocenters. The number of halogens is 2. The first-order valence-electron chi connectivity index (χ1n) is 7.26. The Kier molecular flexibility index (Phi) is 4.17. The number of ether oxygens (including phenoxy) is 2. The van der Waals surface area contributed by atoms with Crippen LogP contribution in [0.5, 0.6) is 11.5 Å². The Bertz CT molecular complexity index is 918. The van der Waals surface area contributed by atoms with Gasteiger partial charge in [0.05, 0.1) is 21.9 Å². The molecular weight excluding hydrogens is 365 g/mol. The standard InChI is InChI=1S/C16H11Cl2N5O2/c17-10-2-1-3-11(18)15(10)21-14-7-19-23-16(22-14)20-9-4-5-12-13(6-9)25-8-24-12/h1-7H,8H2,(H2,20,21,22,23). The maximum atomic E-state index is 6.15. The highest BCUT2D eigenvalue weighted by Gasteiger charge is 2.14. The van der Waals surface area contributed by atoms with Crippen molar-refractivity contribution in [2.75, 3.05) is 17.4 Å². The molecule has 7 nitrogen and oxygen atoms in total. The Labute approximate surface area is 152 Å². The predicted octanol–water partition coefficient (Wildman–Crippen LogP) is 4.39. The van der Waals surface area contributed by atoms with Gasteiger partial charge in [-0.25, -0.2) is 0 Å². The maximum absolute atomic E-state index is 6.15. The zero-order valence-electron chi connectivity index (χ0n) is 12.7. The minimum Gasteiger partial charge on any atom is -0.454 e. The summed E-state index contributed by atoms with van der Waals surface area (Å²) in [5.74, 6) is 2.13. The van der Waals surface area contributed by atoms with Crippen molar-refractivity contribution >= 4 is 46.3 Å². The molecule has 0 saturated heterocycles. The number of hydrogen-bond acceptors (Lipinski definition) is 7. The molecule has 2 heterocycles. The minimum absolute atomic E-state index is 0.217. The molecule has 1 aliphatic heterocycles. The Morgan fingerprint density at radius 2 is 1.76 bits per heavy atom. The Hall–Kier alpha value is -2.77. The Morgan fingerprint density at radius 3 is 2.60 bits per heavy atom. The second-order valence-corrected chi connectivity index (χ2v) is 5.89. The highest BCUT2D eigenvalue weighted by atomic mass is 35.5. The summed E-state index contributed by atoms with van der Waals surface area (Å²) in [5, 5.41) is 15.0. The van der Waals surface area contributed by atoms with Crippen molar-refractivity contribution in [2.45, 2.75) is 0 Å². The summed E-state index contributed by atoms with van der Waals surface area (Å²) in [7, 11) is 0. The molecule has 2 N–H and O–H groups in total. The van der Waals surface area contributed by atoms with E-state index < -0.39 is 0 Å². The average Bonchev–Trinajstić information content (AvgIpc) is 3.06. The van der Waals surface area contributed by atoms with Crippen molar-refractivity contribution in [3.63, 3.8) is 0 Å². The van der Waals surface area contributed by atoms with Crippen LogP contribution >= 0.6 is 23.2 Å². The highest BCUT2D eigenvalue weighted by molar-refractivity contribution is 6.39. The van der Waals surface area contributed by atoms with Crippen molar-refractivity contribution in [1.29, 1.82) is 0 Å². The van der Waals surface area contributed by atoms with Gasteiger partial charge in [0.2, 0.25) is 12.7 Å². The van der Waals surface area contributed by atoms with Gasteiger partial charge in [-0.1, -0.05) is 29.3 Å². The van der Waals surface area contributed by atoms with E-state index in [4.69, 9.17) is 32.7 Å². The SMILES string of the molecule is Clc1cccc(Cl)c1Nc1cnnc(Nc2ccc3c(c2)OCO3)n1. The molecule has 0 aliphatic carbocycles. The molecule has 2 aromatic carbocycles. The molecule has 4 rings (SSSR count). The number of anilines is 4. The van der Waals surface area contributed by atoms with E-state index in [2.05, 4.69) is 25.8 Å². The number of hydrogen-bond donors (Lipinski definition) is 2. The largest absolute Gasteiger partial charge is 0.454 e. The van der Waals surface area contributed by atoms with Crippen molar-refractivity contribution in [2.24, 2.45) is 0 Å². The molecule has 0 atom stereocenters. The van der Waals surface area contributed by atoms with Gasteiger partial charge in [0.1, 0.15) is 0 Å². The van der Waals surface area contributed by atoms with Gasteiger partial charge in [0.15, 0.2) is 17.3 Å². The summed E-state index contributed by atoms with van der Waals surface area (Å²) in [6.07, 6.45) is 1.48. The van der Waals surface area contributed by atoms with Gasteiger partial charge in [-0.05, 0) is 24.3 Å². The molecule has 25 heavy (non-hydrogen) atoms. The van der Waals surface area contributed by atoms with Crippen LogP contribution in [-0.2, 0) is 0 Å². The first-order valence-corrected chi connectivity index (χ1v) is 8.02. The second-order valence-electron chi connectivity index (χ2n) is 5.08. The fraction of sp³-hybridized carbons (Fsp3) is 0.0625. The van der Waals surface area contributed by atoms with Crippen LogP contribution in [0.1, 0.15) is 0 Å². The summed E-state index contributed by atoms with van der Waals surface area (Å²) in [4.78, 5) is 4.35. The third-order valence-electron chi connectivity index (χ3n) is 3.40. The fourth-order valence-electron chi connectivity index (χ4n) is 2.27.